The average molecular weight is 540 g/mol. The molecule has 2 unspecified atom stereocenters. The number of amides is 1. The molecule has 34 heavy (non-hydrogen) atoms. The van der Waals surface area contributed by atoms with Crippen molar-refractivity contribution in [3.8, 4) is 0 Å². The summed E-state index contributed by atoms with van der Waals surface area (Å²) >= 11 is 3.41. The molecule has 180 valence electrons. The number of carbonyl (C=O) groups is 1. The summed E-state index contributed by atoms with van der Waals surface area (Å²) in [7, 11) is 0. The third kappa shape index (κ3) is 4.18. The van der Waals surface area contributed by atoms with Crippen LogP contribution in [0.15, 0.2) is 44.1 Å². The van der Waals surface area contributed by atoms with E-state index >= 15 is 0 Å². The maximum Gasteiger partial charge on any atom is 0.426 e. The number of hydrogen-bond acceptors (Lipinski definition) is 6. The van der Waals surface area contributed by atoms with E-state index < -0.39 is 35.6 Å². The van der Waals surface area contributed by atoms with Crippen molar-refractivity contribution in [3.05, 3.63) is 62.0 Å². The van der Waals surface area contributed by atoms with Crippen LogP contribution in [-0.4, -0.2) is 27.9 Å². The molecule has 0 saturated carbocycles. The van der Waals surface area contributed by atoms with Crippen molar-refractivity contribution in [2.24, 2.45) is 0 Å². The highest BCUT2D eigenvalue weighted by Crippen LogP contribution is 2.46. The van der Waals surface area contributed by atoms with Gasteiger partial charge in [0.25, 0.3) is 5.91 Å². The van der Waals surface area contributed by atoms with Gasteiger partial charge in [-0.2, -0.15) is 13.2 Å². The molecule has 7 nitrogen and oxygen atoms in total. The van der Waals surface area contributed by atoms with Crippen molar-refractivity contribution in [1.82, 2.24) is 5.16 Å². The minimum atomic E-state index is -5.25. The number of nitrogens with two attached hydrogens (primary N) is 1. The molecule has 0 bridgehead atoms. The maximum atomic E-state index is 14.1. The molecular weight excluding hydrogens is 519 g/mol. The Labute approximate surface area is 200 Å². The fraction of sp³-hybridized carbons (Fsp3) is 0.348. The molecular formula is C23H21BrF3N3O4. The number of rotatable bonds is 4. The first-order valence-corrected chi connectivity index (χ1v) is 11.3. The number of benzene rings is 2. The van der Waals surface area contributed by atoms with Crippen molar-refractivity contribution in [1.29, 1.82) is 0 Å². The lowest BCUT2D eigenvalue weighted by Gasteiger charge is -2.35. The monoisotopic (exact) mass is 539 g/mol. The van der Waals surface area contributed by atoms with Crippen molar-refractivity contribution < 1.29 is 27.6 Å². The fourth-order valence-electron chi connectivity index (χ4n) is 4.50. The molecule has 2 aromatic carbocycles. The minimum absolute atomic E-state index is 0.0259. The summed E-state index contributed by atoms with van der Waals surface area (Å²) in [6.07, 6.45) is -4.56. The second-order valence-electron chi connectivity index (χ2n) is 8.45. The summed E-state index contributed by atoms with van der Waals surface area (Å²) in [6.45, 7) is 1.55. The van der Waals surface area contributed by atoms with Crippen LogP contribution < -0.4 is 16.7 Å². The highest BCUT2D eigenvalue weighted by molar-refractivity contribution is 9.10. The summed E-state index contributed by atoms with van der Waals surface area (Å²) in [4.78, 5) is 24.7. The Morgan fingerprint density at radius 3 is 2.74 bits per heavy atom. The molecule has 4 rings (SSSR count). The third-order valence-corrected chi connectivity index (χ3v) is 7.00. The zero-order valence-electron chi connectivity index (χ0n) is 18.0. The Morgan fingerprint density at radius 2 is 2.03 bits per heavy atom. The number of carbonyl (C=O) groups excluding carboxylic acids is 1. The molecule has 1 aliphatic rings. The van der Waals surface area contributed by atoms with Crippen LogP contribution in [0.25, 0.3) is 10.8 Å². The Kier molecular flexibility index (Phi) is 6.19. The molecule has 3 aromatic rings. The number of nitrogens with one attached hydrogen (secondary N) is 1. The standard InChI is InChI=1S/C23H21BrF3N3O4/c1-11-16-9-13(5-6-14(16)20(31)34-30-11)29-21(32)22(33,23(25,26)27)10-12-3-2-4-15-17(24)7-8-18(28)19(12)15/h5-9,12,33H,2-4,10,28H2,1H3,(H,29,32). The van der Waals surface area contributed by atoms with Crippen LogP contribution >= 0.6 is 15.9 Å². The third-order valence-electron chi connectivity index (χ3n) is 6.26. The SMILES string of the molecule is Cc1noc(=O)c2ccc(NC(=O)C(O)(CC3CCCc4c(Br)ccc(N)c43)C(F)(F)F)cc12. The topological polar surface area (TPSA) is 118 Å². The lowest BCUT2D eigenvalue weighted by molar-refractivity contribution is -0.252. The zero-order chi connectivity index (χ0) is 24.8. The van der Waals surface area contributed by atoms with E-state index in [0.29, 0.717) is 41.6 Å². The number of nitrogens with zero attached hydrogens (tertiary/aromatic N) is 1. The first-order valence-electron chi connectivity index (χ1n) is 10.5. The van der Waals surface area contributed by atoms with Gasteiger partial charge >= 0.3 is 11.8 Å². The normalized spacial score (nSPS) is 17.8. The van der Waals surface area contributed by atoms with E-state index in [2.05, 4.69) is 30.9 Å². The Balaban J connectivity index is 1.69. The van der Waals surface area contributed by atoms with Gasteiger partial charge in [0.15, 0.2) is 0 Å². The molecule has 0 fully saturated rings. The Bertz CT molecular complexity index is 1340. The van der Waals surface area contributed by atoms with E-state index in [1.165, 1.54) is 18.2 Å². The second kappa shape index (κ2) is 8.70. The quantitative estimate of drug-likeness (QED) is 0.417. The van der Waals surface area contributed by atoms with Gasteiger partial charge in [-0.1, -0.05) is 21.1 Å². The number of halogens is 4. The predicted molar refractivity (Wildman–Crippen MR) is 124 cm³/mol. The summed E-state index contributed by atoms with van der Waals surface area (Å²) in [6, 6.07) is 7.22. The molecule has 1 aliphatic carbocycles. The molecule has 11 heteroatoms. The van der Waals surface area contributed by atoms with Crippen LogP contribution in [0.5, 0.6) is 0 Å². The first kappa shape index (κ1) is 24.2. The van der Waals surface area contributed by atoms with Gasteiger partial charge in [-0.05, 0) is 73.6 Å². The zero-order valence-corrected chi connectivity index (χ0v) is 19.6. The van der Waals surface area contributed by atoms with Gasteiger partial charge in [0, 0.05) is 27.7 Å². The van der Waals surface area contributed by atoms with E-state index in [-0.39, 0.29) is 11.1 Å². The van der Waals surface area contributed by atoms with Crippen molar-refractivity contribution in [3.63, 3.8) is 0 Å². The lowest BCUT2D eigenvalue weighted by atomic mass is 9.75. The molecule has 1 amide bonds. The summed E-state index contributed by atoms with van der Waals surface area (Å²) in [5.41, 5.74) is 3.63. The van der Waals surface area contributed by atoms with Gasteiger partial charge in [0.05, 0.1) is 11.1 Å². The van der Waals surface area contributed by atoms with Crippen molar-refractivity contribution in [2.45, 2.75) is 50.3 Å². The van der Waals surface area contributed by atoms with E-state index in [1.807, 2.05) is 0 Å². The smallest absolute Gasteiger partial charge is 0.398 e. The van der Waals surface area contributed by atoms with Gasteiger partial charge in [-0.3, -0.25) is 4.79 Å². The van der Waals surface area contributed by atoms with Crippen LogP contribution in [0.2, 0.25) is 0 Å². The van der Waals surface area contributed by atoms with Gasteiger partial charge < -0.3 is 20.7 Å². The summed E-state index contributed by atoms with van der Waals surface area (Å²) in [5.74, 6) is -2.39. The molecule has 0 aliphatic heterocycles. The number of fused-ring (bicyclic) bond motifs is 2. The number of hydrogen-bond donors (Lipinski definition) is 3. The van der Waals surface area contributed by atoms with Crippen LogP contribution in [0.3, 0.4) is 0 Å². The number of anilines is 2. The Hall–Kier alpha value is -2.92. The molecule has 1 heterocycles. The van der Waals surface area contributed by atoms with Crippen molar-refractivity contribution >= 4 is 44.0 Å². The largest absolute Gasteiger partial charge is 0.426 e. The lowest BCUT2D eigenvalue weighted by Crippen LogP contribution is -2.55. The van der Waals surface area contributed by atoms with Crippen LogP contribution in [0.1, 0.15) is 42.0 Å². The Morgan fingerprint density at radius 1 is 1.29 bits per heavy atom. The van der Waals surface area contributed by atoms with E-state index in [4.69, 9.17) is 5.73 Å². The predicted octanol–water partition coefficient (Wildman–Crippen LogP) is 4.58. The van der Waals surface area contributed by atoms with E-state index in [1.54, 1.807) is 19.1 Å². The van der Waals surface area contributed by atoms with E-state index in [9.17, 15) is 27.9 Å². The molecule has 0 spiro atoms. The maximum absolute atomic E-state index is 14.1. The molecule has 1 aromatic heterocycles. The van der Waals surface area contributed by atoms with Crippen LogP contribution in [-0.2, 0) is 11.2 Å². The van der Waals surface area contributed by atoms with Crippen LogP contribution in [0.4, 0.5) is 24.5 Å². The number of aryl methyl sites for hydroxylation is 1. The molecule has 4 N–H and O–H groups in total. The second-order valence-corrected chi connectivity index (χ2v) is 9.30. The van der Waals surface area contributed by atoms with Crippen molar-refractivity contribution in [2.75, 3.05) is 11.1 Å². The van der Waals surface area contributed by atoms with Gasteiger partial charge in [0.2, 0.25) is 5.60 Å². The highest BCUT2D eigenvalue weighted by atomic mass is 79.9. The van der Waals surface area contributed by atoms with Gasteiger partial charge in [-0.15, -0.1) is 0 Å². The summed E-state index contributed by atoms with van der Waals surface area (Å²) in [5, 5.41) is 17.0. The first-order chi connectivity index (χ1) is 15.9. The fourth-order valence-corrected chi connectivity index (χ4v) is 5.05. The van der Waals surface area contributed by atoms with Gasteiger partial charge in [-0.25, -0.2) is 4.79 Å². The average Bonchev–Trinajstić information content (AvgIpc) is 2.78. The number of nitrogen functional groups attached to an aromatic ring is 1. The van der Waals surface area contributed by atoms with Crippen LogP contribution in [0, 0.1) is 6.92 Å². The molecule has 0 radical (unpaired) electrons. The number of aromatic nitrogens is 1. The van der Waals surface area contributed by atoms with E-state index in [0.717, 1.165) is 10.0 Å². The van der Waals surface area contributed by atoms with Gasteiger partial charge in [0.1, 0.15) is 0 Å². The summed E-state index contributed by atoms with van der Waals surface area (Å²) < 4.78 is 47.7. The highest BCUT2D eigenvalue weighted by Gasteiger charge is 2.60. The minimum Gasteiger partial charge on any atom is -0.398 e. The number of aliphatic hydroxyl groups is 1. The molecule has 2 atom stereocenters. The number of alkyl halides is 3. The molecule has 0 saturated heterocycles.